The Balaban J connectivity index is 1.70. The van der Waals surface area contributed by atoms with Crippen molar-refractivity contribution in [2.75, 3.05) is 0 Å². The van der Waals surface area contributed by atoms with Gasteiger partial charge in [-0.3, -0.25) is 0 Å². The van der Waals surface area contributed by atoms with E-state index in [-0.39, 0.29) is 11.5 Å². The molecular weight excluding hydrogens is 384 g/mol. The van der Waals surface area contributed by atoms with Crippen molar-refractivity contribution in [1.29, 1.82) is 0 Å². The first-order valence-electron chi connectivity index (χ1n) is 10.6. The van der Waals surface area contributed by atoms with Crippen LogP contribution in [0.2, 0.25) is 0 Å². The van der Waals surface area contributed by atoms with Crippen LogP contribution in [0.4, 0.5) is 0 Å². The molecule has 4 aromatic rings. The molecule has 158 valence electrons. The molecule has 0 saturated heterocycles. The number of hydrogen-bond acceptors (Lipinski definition) is 4. The third-order valence-corrected chi connectivity index (χ3v) is 4.99. The Morgan fingerprint density at radius 2 is 1.39 bits per heavy atom. The zero-order valence-corrected chi connectivity index (χ0v) is 18.7. The lowest BCUT2D eigenvalue weighted by Crippen LogP contribution is -2.10. The molecule has 0 bridgehead atoms. The van der Waals surface area contributed by atoms with Gasteiger partial charge in [0.1, 0.15) is 11.5 Å². The Kier molecular flexibility index (Phi) is 5.64. The van der Waals surface area contributed by atoms with Crippen LogP contribution in [-0.4, -0.2) is 16.1 Å². The van der Waals surface area contributed by atoms with Crippen LogP contribution >= 0.6 is 0 Å². The molecule has 3 aromatic carbocycles. The zero-order chi connectivity index (χ0) is 22.0. The number of fused-ring (bicyclic) bond motifs is 1. The Labute approximate surface area is 183 Å². The third-order valence-electron chi connectivity index (χ3n) is 4.99. The fourth-order valence-electron chi connectivity index (χ4n) is 3.34. The molecule has 0 aliphatic carbocycles. The van der Waals surface area contributed by atoms with Gasteiger partial charge in [0, 0.05) is 5.56 Å². The SMILES string of the molecule is CC(C)Oc1ccc(-c2nc(Oc3ccc(C(C)(C)C)cc3)c3ccccc3n2)cc1. The van der Waals surface area contributed by atoms with Gasteiger partial charge in [-0.15, -0.1) is 0 Å². The number of hydrogen-bond donors (Lipinski definition) is 0. The number of ether oxygens (including phenoxy) is 2. The Morgan fingerprint density at radius 1 is 0.742 bits per heavy atom. The van der Waals surface area contributed by atoms with E-state index in [2.05, 4.69) is 32.9 Å². The van der Waals surface area contributed by atoms with Gasteiger partial charge in [-0.05, 0) is 73.4 Å². The lowest BCUT2D eigenvalue weighted by Gasteiger charge is -2.19. The second-order valence-corrected chi connectivity index (χ2v) is 8.94. The lowest BCUT2D eigenvalue weighted by atomic mass is 9.87. The fourth-order valence-corrected chi connectivity index (χ4v) is 3.34. The van der Waals surface area contributed by atoms with Gasteiger partial charge in [0.15, 0.2) is 5.82 Å². The molecule has 4 heteroatoms. The molecule has 0 radical (unpaired) electrons. The van der Waals surface area contributed by atoms with E-state index in [0.29, 0.717) is 11.7 Å². The summed E-state index contributed by atoms with van der Waals surface area (Å²) < 4.78 is 12.0. The summed E-state index contributed by atoms with van der Waals surface area (Å²) >= 11 is 0. The predicted octanol–water partition coefficient (Wildman–Crippen LogP) is 7.17. The minimum Gasteiger partial charge on any atom is -0.491 e. The smallest absolute Gasteiger partial charge is 0.230 e. The summed E-state index contributed by atoms with van der Waals surface area (Å²) in [4.78, 5) is 9.51. The van der Waals surface area contributed by atoms with Crippen LogP contribution < -0.4 is 9.47 Å². The third kappa shape index (κ3) is 4.85. The topological polar surface area (TPSA) is 44.2 Å². The average Bonchev–Trinajstić information content (AvgIpc) is 2.73. The zero-order valence-electron chi connectivity index (χ0n) is 18.7. The molecule has 31 heavy (non-hydrogen) atoms. The Hall–Kier alpha value is -3.40. The quantitative estimate of drug-likeness (QED) is 0.348. The monoisotopic (exact) mass is 412 g/mol. The van der Waals surface area contributed by atoms with Gasteiger partial charge in [0.2, 0.25) is 5.88 Å². The molecule has 4 nitrogen and oxygen atoms in total. The van der Waals surface area contributed by atoms with Crippen molar-refractivity contribution in [3.8, 4) is 28.8 Å². The average molecular weight is 413 g/mol. The standard InChI is InChI=1S/C27H28N2O2/c1-18(2)30-21-14-10-19(11-15-21)25-28-24-9-7-6-8-23(24)26(29-25)31-22-16-12-20(13-17-22)27(3,4)5/h6-18H,1-5H3. The molecule has 0 fully saturated rings. The van der Waals surface area contributed by atoms with Crippen molar-refractivity contribution in [2.45, 2.75) is 46.1 Å². The van der Waals surface area contributed by atoms with Crippen molar-refractivity contribution in [3.05, 3.63) is 78.4 Å². The largest absolute Gasteiger partial charge is 0.491 e. The Morgan fingerprint density at radius 3 is 2.03 bits per heavy atom. The van der Waals surface area contributed by atoms with Crippen molar-refractivity contribution in [2.24, 2.45) is 0 Å². The van der Waals surface area contributed by atoms with Crippen molar-refractivity contribution in [3.63, 3.8) is 0 Å². The van der Waals surface area contributed by atoms with E-state index in [0.717, 1.165) is 28.0 Å². The molecule has 0 aliphatic heterocycles. The first-order valence-corrected chi connectivity index (χ1v) is 10.6. The van der Waals surface area contributed by atoms with Gasteiger partial charge in [-0.2, -0.15) is 4.98 Å². The van der Waals surface area contributed by atoms with Gasteiger partial charge in [0.25, 0.3) is 0 Å². The summed E-state index contributed by atoms with van der Waals surface area (Å²) in [6.07, 6.45) is 0.132. The van der Waals surface area contributed by atoms with Crippen LogP contribution in [0.3, 0.4) is 0 Å². The predicted molar refractivity (Wildman–Crippen MR) is 126 cm³/mol. The van der Waals surface area contributed by atoms with Crippen molar-refractivity contribution >= 4 is 10.9 Å². The first kappa shape index (κ1) is 20.9. The molecule has 0 spiro atoms. The molecular formula is C27H28N2O2. The van der Waals surface area contributed by atoms with Crippen LogP contribution in [0, 0.1) is 0 Å². The molecule has 1 aromatic heterocycles. The molecule has 0 amide bonds. The molecule has 0 atom stereocenters. The van der Waals surface area contributed by atoms with Crippen molar-refractivity contribution in [1.82, 2.24) is 9.97 Å². The highest BCUT2D eigenvalue weighted by Gasteiger charge is 2.15. The maximum atomic E-state index is 6.22. The highest BCUT2D eigenvalue weighted by Crippen LogP contribution is 2.32. The Bertz CT molecular complexity index is 1170. The number of aromatic nitrogens is 2. The first-order chi connectivity index (χ1) is 14.8. The summed E-state index contributed by atoms with van der Waals surface area (Å²) in [5.74, 6) is 2.75. The molecule has 0 N–H and O–H groups in total. The minimum atomic E-state index is 0.0960. The second-order valence-electron chi connectivity index (χ2n) is 8.94. The van der Waals surface area contributed by atoms with Gasteiger partial charge in [-0.1, -0.05) is 45.0 Å². The normalized spacial score (nSPS) is 11.7. The summed E-state index contributed by atoms with van der Waals surface area (Å²) in [7, 11) is 0. The van der Waals surface area contributed by atoms with E-state index in [4.69, 9.17) is 19.4 Å². The van der Waals surface area contributed by atoms with Crippen LogP contribution in [0.25, 0.3) is 22.3 Å². The van der Waals surface area contributed by atoms with E-state index in [9.17, 15) is 0 Å². The van der Waals surface area contributed by atoms with Gasteiger partial charge < -0.3 is 9.47 Å². The maximum Gasteiger partial charge on any atom is 0.230 e. The molecule has 4 rings (SSSR count). The summed E-state index contributed by atoms with van der Waals surface area (Å²) in [6.45, 7) is 10.6. The van der Waals surface area contributed by atoms with Crippen LogP contribution in [0.5, 0.6) is 17.4 Å². The van der Waals surface area contributed by atoms with E-state index in [1.54, 1.807) is 0 Å². The van der Waals surface area contributed by atoms with Crippen molar-refractivity contribution < 1.29 is 9.47 Å². The van der Waals surface area contributed by atoms with E-state index in [1.165, 1.54) is 5.56 Å². The van der Waals surface area contributed by atoms with E-state index >= 15 is 0 Å². The molecule has 0 aliphatic rings. The molecule has 1 heterocycles. The highest BCUT2D eigenvalue weighted by molar-refractivity contribution is 5.85. The number of rotatable bonds is 5. The number of nitrogens with zero attached hydrogens (tertiary/aromatic N) is 2. The molecule has 0 saturated carbocycles. The lowest BCUT2D eigenvalue weighted by molar-refractivity contribution is 0.242. The second kappa shape index (κ2) is 8.38. The van der Waals surface area contributed by atoms with Crippen LogP contribution in [0.15, 0.2) is 72.8 Å². The summed E-state index contributed by atoms with van der Waals surface area (Å²) in [5.41, 5.74) is 3.11. The van der Waals surface area contributed by atoms with Gasteiger partial charge >= 0.3 is 0 Å². The van der Waals surface area contributed by atoms with E-state index in [1.807, 2.05) is 74.5 Å². The number of para-hydroxylation sites is 1. The van der Waals surface area contributed by atoms with E-state index < -0.39 is 0 Å². The van der Waals surface area contributed by atoms with Gasteiger partial charge in [-0.25, -0.2) is 4.98 Å². The summed E-state index contributed by atoms with van der Waals surface area (Å²) in [6, 6.07) is 23.9. The maximum absolute atomic E-state index is 6.22. The fraction of sp³-hybridized carbons (Fsp3) is 0.259. The van der Waals surface area contributed by atoms with Crippen LogP contribution in [-0.2, 0) is 5.41 Å². The van der Waals surface area contributed by atoms with Crippen LogP contribution in [0.1, 0.15) is 40.2 Å². The number of benzene rings is 3. The minimum absolute atomic E-state index is 0.0960. The molecule has 0 unspecified atom stereocenters. The van der Waals surface area contributed by atoms with Gasteiger partial charge in [0.05, 0.1) is 17.0 Å². The highest BCUT2D eigenvalue weighted by atomic mass is 16.5. The summed E-state index contributed by atoms with van der Waals surface area (Å²) in [5, 5.41) is 0.880.